The molecular formula is C10H15AlN2. The quantitative estimate of drug-likeness (QED) is 0.628. The highest BCUT2D eigenvalue weighted by Gasteiger charge is 2.21. The number of nitrogens with two attached hydrogens (primary N) is 1. The second-order valence-electron chi connectivity index (χ2n) is 3.10. The lowest BCUT2D eigenvalue weighted by Crippen LogP contribution is -2.46. The van der Waals surface area contributed by atoms with E-state index in [1.165, 1.54) is 11.1 Å². The minimum Gasteiger partial charge on any atom is -0.385 e. The average Bonchev–Trinajstić information content (AvgIpc) is 2.14. The van der Waals surface area contributed by atoms with Crippen molar-refractivity contribution in [1.29, 1.82) is 0 Å². The summed E-state index contributed by atoms with van der Waals surface area (Å²) in [5, 5.41) is 0. The standard InChI is InChI=1S/C10H15N2.Al/c1-3-5-9-8(4-2)6-7-12-10(9)11;/h3-5,10H,1,6-7,11H2,2H3;/q-1;+1/b8-4-,9-5+;. The van der Waals surface area contributed by atoms with Crippen LogP contribution in [0.1, 0.15) is 13.3 Å². The molecule has 2 N–H and O–H groups in total. The van der Waals surface area contributed by atoms with Gasteiger partial charge >= 0.3 is 0 Å². The summed E-state index contributed by atoms with van der Waals surface area (Å²) < 4.78 is 2.07. The zero-order valence-electron chi connectivity index (χ0n) is 8.03. The Kier molecular flexibility index (Phi) is 3.96. The van der Waals surface area contributed by atoms with Gasteiger partial charge in [-0.2, -0.15) is 0 Å². The molecule has 0 aromatic rings. The van der Waals surface area contributed by atoms with Crippen molar-refractivity contribution in [3.8, 4) is 0 Å². The Hall–Kier alpha value is -0.328. The van der Waals surface area contributed by atoms with Gasteiger partial charge in [-0.1, -0.05) is 24.8 Å². The monoisotopic (exact) mass is 190 g/mol. The SMILES string of the molecule is C=C/C=C1\C(=C/C)CC[N]([Al])C1N. The van der Waals surface area contributed by atoms with Gasteiger partial charge in [0.1, 0.15) is 0 Å². The number of hydrogen-bond acceptors (Lipinski definition) is 2. The number of allylic oxidation sites excluding steroid dienone is 3. The fourth-order valence-corrected chi connectivity index (χ4v) is 1.83. The van der Waals surface area contributed by atoms with Crippen LogP contribution in [0.15, 0.2) is 36.0 Å². The fourth-order valence-electron chi connectivity index (χ4n) is 1.55. The Morgan fingerprint density at radius 1 is 1.69 bits per heavy atom. The molecule has 2 nitrogen and oxygen atoms in total. The van der Waals surface area contributed by atoms with Crippen LogP contribution < -0.4 is 5.73 Å². The van der Waals surface area contributed by atoms with Crippen LogP contribution in [-0.2, 0) is 0 Å². The summed E-state index contributed by atoms with van der Waals surface area (Å²) in [5.41, 5.74) is 8.54. The first-order valence-corrected chi connectivity index (χ1v) is 4.97. The molecule has 0 saturated carbocycles. The molecular weight excluding hydrogens is 175 g/mol. The van der Waals surface area contributed by atoms with Crippen molar-refractivity contribution >= 4 is 16.5 Å². The van der Waals surface area contributed by atoms with Crippen molar-refractivity contribution in [3.05, 3.63) is 36.0 Å². The van der Waals surface area contributed by atoms with Crippen LogP contribution in [0.4, 0.5) is 0 Å². The predicted molar refractivity (Wildman–Crippen MR) is 57.1 cm³/mol. The summed E-state index contributed by atoms with van der Waals surface area (Å²) in [6.07, 6.45) is 6.97. The van der Waals surface area contributed by atoms with Crippen molar-refractivity contribution in [2.45, 2.75) is 19.5 Å². The molecule has 0 aliphatic carbocycles. The summed E-state index contributed by atoms with van der Waals surface area (Å²) in [4.78, 5) is 0. The Morgan fingerprint density at radius 2 is 2.38 bits per heavy atom. The van der Waals surface area contributed by atoms with Gasteiger partial charge in [0.05, 0.1) is 6.17 Å². The largest absolute Gasteiger partial charge is 0.385 e. The number of piperidine rings is 1. The third-order valence-electron chi connectivity index (χ3n) is 2.33. The zero-order valence-corrected chi connectivity index (χ0v) is 9.19. The minimum atomic E-state index is -0.0112. The molecule has 3 heteroatoms. The van der Waals surface area contributed by atoms with Crippen molar-refractivity contribution < 1.29 is 0 Å². The lowest BCUT2D eigenvalue weighted by atomic mass is 9.96. The Bertz CT molecular complexity index is 256. The molecule has 68 valence electrons. The maximum atomic E-state index is 6.02. The van der Waals surface area contributed by atoms with Gasteiger partial charge in [0.25, 0.3) is 16.5 Å². The molecule has 1 unspecified atom stereocenters. The molecule has 1 fully saturated rings. The molecule has 13 heavy (non-hydrogen) atoms. The van der Waals surface area contributed by atoms with Crippen LogP contribution >= 0.6 is 0 Å². The molecule has 1 aliphatic rings. The van der Waals surface area contributed by atoms with Crippen molar-refractivity contribution in [2.24, 2.45) is 5.73 Å². The van der Waals surface area contributed by atoms with E-state index in [1.807, 2.05) is 6.08 Å². The lowest BCUT2D eigenvalue weighted by molar-refractivity contribution is 0.362. The van der Waals surface area contributed by atoms with Crippen LogP contribution in [0.3, 0.4) is 0 Å². The molecule has 0 aromatic heterocycles. The van der Waals surface area contributed by atoms with Crippen LogP contribution in [0.2, 0.25) is 0 Å². The van der Waals surface area contributed by atoms with E-state index in [1.54, 1.807) is 6.08 Å². The van der Waals surface area contributed by atoms with E-state index in [0.29, 0.717) is 0 Å². The first-order chi connectivity index (χ1) is 6.20. The van der Waals surface area contributed by atoms with Gasteiger partial charge in [0.2, 0.25) is 0 Å². The zero-order chi connectivity index (χ0) is 9.84. The number of hydrogen-bond donors (Lipinski definition) is 1. The Balaban J connectivity index is 2.94. The highest BCUT2D eigenvalue weighted by Crippen LogP contribution is 2.23. The smallest absolute Gasteiger partial charge is 0.259 e. The topological polar surface area (TPSA) is 29.3 Å². The Labute approximate surface area is 88.4 Å². The van der Waals surface area contributed by atoms with E-state index in [2.05, 4.69) is 40.0 Å². The molecule has 0 aromatic carbocycles. The van der Waals surface area contributed by atoms with Gasteiger partial charge in [0, 0.05) is 0 Å². The highest BCUT2D eigenvalue weighted by atomic mass is 27.1. The average molecular weight is 190 g/mol. The molecule has 1 atom stereocenters. The predicted octanol–water partition coefficient (Wildman–Crippen LogP) is 1.12. The summed E-state index contributed by atoms with van der Waals surface area (Å²) in [6, 6.07) is 0. The van der Waals surface area contributed by atoms with Crippen molar-refractivity contribution in [1.82, 2.24) is 3.88 Å². The fraction of sp³-hybridized carbons (Fsp3) is 0.400. The van der Waals surface area contributed by atoms with Crippen LogP contribution in [0.5, 0.6) is 0 Å². The van der Waals surface area contributed by atoms with Gasteiger partial charge in [-0.15, -0.1) is 0 Å². The highest BCUT2D eigenvalue weighted by molar-refractivity contribution is 6.05. The van der Waals surface area contributed by atoms with Gasteiger partial charge in [-0.3, -0.25) is 0 Å². The first-order valence-electron chi connectivity index (χ1n) is 4.45. The molecule has 0 amide bonds. The summed E-state index contributed by atoms with van der Waals surface area (Å²) in [7, 11) is 0. The van der Waals surface area contributed by atoms with E-state index >= 15 is 0 Å². The maximum Gasteiger partial charge on any atom is 0.259 e. The van der Waals surface area contributed by atoms with Gasteiger partial charge in [-0.25, -0.2) is 0 Å². The first kappa shape index (κ1) is 10.8. The van der Waals surface area contributed by atoms with Crippen LogP contribution in [0.25, 0.3) is 0 Å². The second-order valence-corrected chi connectivity index (χ2v) is 3.77. The maximum absolute atomic E-state index is 6.02. The Morgan fingerprint density at radius 3 is 2.92 bits per heavy atom. The van der Waals surface area contributed by atoms with Gasteiger partial charge < -0.3 is 9.62 Å². The summed E-state index contributed by atoms with van der Waals surface area (Å²) >= 11 is 2.66. The number of nitrogens with zero attached hydrogens (tertiary/aromatic N) is 1. The minimum absolute atomic E-state index is 0.0112. The third-order valence-corrected chi connectivity index (χ3v) is 2.91. The lowest BCUT2D eigenvalue weighted by Gasteiger charge is -2.35. The summed E-state index contributed by atoms with van der Waals surface area (Å²) in [5.74, 6) is 0. The van der Waals surface area contributed by atoms with E-state index in [4.69, 9.17) is 5.73 Å². The van der Waals surface area contributed by atoms with Crippen LogP contribution in [0, 0.1) is 0 Å². The summed E-state index contributed by atoms with van der Waals surface area (Å²) in [6.45, 7) is 6.75. The van der Waals surface area contributed by atoms with Crippen LogP contribution in [-0.4, -0.2) is 33.1 Å². The van der Waals surface area contributed by atoms with Crippen molar-refractivity contribution in [2.75, 3.05) is 6.54 Å². The molecule has 0 spiro atoms. The molecule has 0 bridgehead atoms. The second kappa shape index (κ2) is 4.78. The molecule has 1 aliphatic heterocycles. The van der Waals surface area contributed by atoms with E-state index < -0.39 is 0 Å². The van der Waals surface area contributed by atoms with Gasteiger partial charge in [0.15, 0.2) is 0 Å². The number of rotatable bonds is 1. The van der Waals surface area contributed by atoms with Gasteiger partial charge in [-0.05, 0) is 31.0 Å². The molecule has 1 heterocycles. The normalized spacial score (nSPS) is 31.1. The molecule has 2 radical (unpaired) electrons. The molecule has 1 rings (SSSR count). The molecule has 1 saturated heterocycles. The van der Waals surface area contributed by atoms with Crippen molar-refractivity contribution in [3.63, 3.8) is 0 Å². The third kappa shape index (κ3) is 2.32. The van der Waals surface area contributed by atoms with E-state index in [0.717, 1.165) is 13.0 Å². The van der Waals surface area contributed by atoms with E-state index in [-0.39, 0.29) is 6.17 Å². The van der Waals surface area contributed by atoms with E-state index in [9.17, 15) is 0 Å².